The summed E-state index contributed by atoms with van der Waals surface area (Å²) in [6.07, 6.45) is 0.974. The summed E-state index contributed by atoms with van der Waals surface area (Å²) >= 11 is 0. The second-order valence-electron chi connectivity index (χ2n) is 3.00. The van der Waals surface area contributed by atoms with E-state index < -0.39 is 0 Å². The molecule has 0 fully saturated rings. The largest absolute Gasteiger partial charge is 0.465 e. The van der Waals surface area contributed by atoms with E-state index >= 15 is 0 Å². The smallest absolute Gasteiger partial charge is 0.322 e. The Hall–Kier alpha value is -1.10. The van der Waals surface area contributed by atoms with Gasteiger partial charge in [-0.2, -0.15) is 0 Å². The SMILES string of the molecule is CCOC(=O)C(C)NCCCC(N)=O. The molecule has 0 saturated heterocycles. The first-order valence-corrected chi connectivity index (χ1v) is 4.76. The third-order valence-electron chi connectivity index (χ3n) is 1.69. The number of carbonyl (C=O) groups is 2. The first kappa shape index (κ1) is 12.9. The number of esters is 1. The van der Waals surface area contributed by atoms with Gasteiger partial charge in [0, 0.05) is 6.42 Å². The normalized spacial score (nSPS) is 12.1. The fourth-order valence-corrected chi connectivity index (χ4v) is 0.932. The number of primary amides is 1. The van der Waals surface area contributed by atoms with Crippen molar-refractivity contribution in [2.45, 2.75) is 32.7 Å². The number of nitrogens with one attached hydrogen (secondary N) is 1. The monoisotopic (exact) mass is 202 g/mol. The van der Waals surface area contributed by atoms with Crippen molar-refractivity contribution in [2.24, 2.45) is 5.73 Å². The molecule has 0 rings (SSSR count). The van der Waals surface area contributed by atoms with Crippen molar-refractivity contribution < 1.29 is 14.3 Å². The Balaban J connectivity index is 3.48. The standard InChI is InChI=1S/C9H18N2O3/c1-3-14-9(13)7(2)11-6-4-5-8(10)12/h7,11H,3-6H2,1-2H3,(H2,10,12). The van der Waals surface area contributed by atoms with Crippen LogP contribution in [0.25, 0.3) is 0 Å². The Morgan fingerprint density at radius 1 is 1.50 bits per heavy atom. The van der Waals surface area contributed by atoms with Crippen molar-refractivity contribution >= 4 is 11.9 Å². The van der Waals surface area contributed by atoms with Crippen LogP contribution < -0.4 is 11.1 Å². The highest BCUT2D eigenvalue weighted by Crippen LogP contribution is 1.90. The van der Waals surface area contributed by atoms with Crippen LogP contribution in [-0.2, 0) is 14.3 Å². The maximum Gasteiger partial charge on any atom is 0.322 e. The molecule has 0 aromatic heterocycles. The second-order valence-corrected chi connectivity index (χ2v) is 3.00. The van der Waals surface area contributed by atoms with Crippen LogP contribution in [0.15, 0.2) is 0 Å². The van der Waals surface area contributed by atoms with Crippen LogP contribution in [0.5, 0.6) is 0 Å². The quantitative estimate of drug-likeness (QED) is 0.442. The molecule has 1 amide bonds. The molecule has 1 atom stereocenters. The average Bonchev–Trinajstić information content (AvgIpc) is 2.12. The molecule has 0 aliphatic heterocycles. The molecule has 0 heterocycles. The van der Waals surface area contributed by atoms with E-state index in [1.165, 1.54) is 0 Å². The summed E-state index contributed by atoms with van der Waals surface area (Å²) in [5.74, 6) is -0.595. The van der Waals surface area contributed by atoms with Gasteiger partial charge in [0.15, 0.2) is 0 Å². The molecule has 0 aromatic carbocycles. The zero-order valence-electron chi connectivity index (χ0n) is 8.71. The van der Waals surface area contributed by atoms with Crippen LogP contribution in [0.2, 0.25) is 0 Å². The molecule has 5 nitrogen and oxygen atoms in total. The third kappa shape index (κ3) is 6.42. The van der Waals surface area contributed by atoms with E-state index in [-0.39, 0.29) is 17.9 Å². The van der Waals surface area contributed by atoms with Crippen molar-refractivity contribution in [2.75, 3.05) is 13.2 Å². The zero-order chi connectivity index (χ0) is 11.0. The highest BCUT2D eigenvalue weighted by Gasteiger charge is 2.11. The first-order chi connectivity index (χ1) is 6.57. The molecular weight excluding hydrogens is 184 g/mol. The third-order valence-corrected chi connectivity index (χ3v) is 1.69. The van der Waals surface area contributed by atoms with E-state index in [1.807, 2.05) is 0 Å². The molecule has 14 heavy (non-hydrogen) atoms. The summed E-state index contributed by atoms with van der Waals surface area (Å²) in [7, 11) is 0. The fraction of sp³-hybridized carbons (Fsp3) is 0.778. The van der Waals surface area contributed by atoms with Gasteiger partial charge in [-0.05, 0) is 26.8 Å². The number of nitrogens with two attached hydrogens (primary N) is 1. The lowest BCUT2D eigenvalue weighted by Crippen LogP contribution is -2.36. The molecule has 0 saturated carbocycles. The first-order valence-electron chi connectivity index (χ1n) is 4.76. The molecule has 0 aliphatic carbocycles. The number of amides is 1. The Morgan fingerprint density at radius 3 is 2.64 bits per heavy atom. The fourth-order valence-electron chi connectivity index (χ4n) is 0.932. The highest BCUT2D eigenvalue weighted by atomic mass is 16.5. The Bertz CT molecular complexity index is 194. The van der Waals surface area contributed by atoms with Gasteiger partial charge >= 0.3 is 5.97 Å². The maximum absolute atomic E-state index is 11.1. The Kier molecular flexibility index (Phi) is 6.74. The van der Waals surface area contributed by atoms with Crippen LogP contribution >= 0.6 is 0 Å². The van der Waals surface area contributed by atoms with Gasteiger partial charge in [-0.3, -0.25) is 9.59 Å². The van der Waals surface area contributed by atoms with Gasteiger partial charge in [-0.15, -0.1) is 0 Å². The molecule has 5 heteroatoms. The maximum atomic E-state index is 11.1. The van der Waals surface area contributed by atoms with Crippen molar-refractivity contribution in [3.8, 4) is 0 Å². The average molecular weight is 202 g/mol. The second kappa shape index (κ2) is 7.32. The summed E-state index contributed by atoms with van der Waals surface area (Å²) in [6.45, 7) is 4.45. The van der Waals surface area contributed by atoms with E-state index in [4.69, 9.17) is 10.5 Å². The van der Waals surface area contributed by atoms with Gasteiger partial charge in [-0.25, -0.2) is 0 Å². The van der Waals surface area contributed by atoms with E-state index in [2.05, 4.69) is 5.32 Å². The molecule has 0 spiro atoms. The lowest BCUT2D eigenvalue weighted by molar-refractivity contribution is -0.145. The molecule has 1 unspecified atom stereocenters. The van der Waals surface area contributed by atoms with E-state index in [0.717, 1.165) is 0 Å². The minimum absolute atomic E-state index is 0.272. The number of hydrogen-bond acceptors (Lipinski definition) is 4. The van der Waals surface area contributed by atoms with Crippen LogP contribution in [0.3, 0.4) is 0 Å². The lowest BCUT2D eigenvalue weighted by Gasteiger charge is -2.11. The summed E-state index contributed by atoms with van der Waals surface area (Å²) < 4.78 is 4.79. The van der Waals surface area contributed by atoms with Gasteiger partial charge in [-0.1, -0.05) is 0 Å². The van der Waals surface area contributed by atoms with E-state index in [0.29, 0.717) is 26.0 Å². The predicted octanol–water partition coefficient (Wildman–Crippen LogP) is -0.207. The topological polar surface area (TPSA) is 81.4 Å². The minimum Gasteiger partial charge on any atom is -0.465 e. The molecule has 0 radical (unpaired) electrons. The van der Waals surface area contributed by atoms with Crippen LogP contribution in [0.4, 0.5) is 0 Å². The van der Waals surface area contributed by atoms with E-state index in [9.17, 15) is 9.59 Å². The molecule has 3 N–H and O–H groups in total. The van der Waals surface area contributed by atoms with Gasteiger partial charge < -0.3 is 15.8 Å². The number of rotatable bonds is 7. The number of hydrogen-bond donors (Lipinski definition) is 2. The molecule has 0 aliphatic rings. The molecule has 0 bridgehead atoms. The van der Waals surface area contributed by atoms with Crippen LogP contribution in [0.1, 0.15) is 26.7 Å². The molecule has 82 valence electrons. The van der Waals surface area contributed by atoms with Gasteiger partial charge in [0.1, 0.15) is 6.04 Å². The number of carbonyl (C=O) groups excluding carboxylic acids is 2. The van der Waals surface area contributed by atoms with Gasteiger partial charge in [0.05, 0.1) is 6.61 Å². The summed E-state index contributed by atoms with van der Waals surface area (Å²) in [5.41, 5.74) is 4.96. The van der Waals surface area contributed by atoms with Gasteiger partial charge in [0.2, 0.25) is 5.91 Å². The van der Waals surface area contributed by atoms with E-state index in [1.54, 1.807) is 13.8 Å². The lowest BCUT2D eigenvalue weighted by atomic mass is 10.2. The van der Waals surface area contributed by atoms with Gasteiger partial charge in [0.25, 0.3) is 0 Å². The highest BCUT2D eigenvalue weighted by molar-refractivity contribution is 5.75. The zero-order valence-corrected chi connectivity index (χ0v) is 8.71. The minimum atomic E-state index is -0.331. The van der Waals surface area contributed by atoms with Crippen molar-refractivity contribution in [1.82, 2.24) is 5.32 Å². The summed E-state index contributed by atoms with van der Waals surface area (Å²) in [5, 5.41) is 2.94. The van der Waals surface area contributed by atoms with Crippen LogP contribution in [-0.4, -0.2) is 31.1 Å². The van der Waals surface area contributed by atoms with Crippen molar-refractivity contribution in [3.05, 3.63) is 0 Å². The van der Waals surface area contributed by atoms with Crippen molar-refractivity contribution in [1.29, 1.82) is 0 Å². The Morgan fingerprint density at radius 2 is 2.14 bits per heavy atom. The van der Waals surface area contributed by atoms with Crippen molar-refractivity contribution in [3.63, 3.8) is 0 Å². The summed E-state index contributed by atoms with van der Waals surface area (Å²) in [6, 6.07) is -0.331. The van der Waals surface area contributed by atoms with Crippen LogP contribution in [0, 0.1) is 0 Å². The predicted molar refractivity (Wildman–Crippen MR) is 52.5 cm³/mol. The summed E-state index contributed by atoms with van der Waals surface area (Å²) in [4.78, 5) is 21.5. The number of ether oxygens (including phenoxy) is 1. The molecular formula is C9H18N2O3. The Labute approximate surface area is 84.0 Å². The molecule has 0 aromatic rings.